The average molecular weight is 1170 g/mol. The van der Waals surface area contributed by atoms with Crippen LogP contribution in [0.25, 0.3) is 44.3 Å². The molecular weight excluding hydrogens is 1100 g/mol. The number of carboxylic acid groups (broad SMARTS) is 1. The fourth-order valence-electron chi connectivity index (χ4n) is 11.4. The number of carbonyl (C=O) groups excluding carboxylic acids is 3. The minimum atomic E-state index is -3.52. The molecule has 448 valence electrons. The molecule has 9 rings (SSSR count). The number of hydrogen-bond acceptors (Lipinski definition) is 21. The number of esters is 1. The zero-order valence-corrected chi connectivity index (χ0v) is 45.8. The number of rotatable bonds is 24. The lowest BCUT2D eigenvalue weighted by atomic mass is 9.66. The summed E-state index contributed by atoms with van der Waals surface area (Å²) in [4.78, 5) is 79.9. The molecule has 12 atom stereocenters. The topological polar surface area (TPSA) is 404 Å². The number of phenolic OH excluding ortho intramolecular Hbond substituents is 1. The second kappa shape index (κ2) is 25.5. The largest absolute Gasteiger partial charge is 0.508 e. The number of H-pyrrole nitrogens is 1. The lowest BCUT2D eigenvalue weighted by Gasteiger charge is -2.59. The normalized spacial score (nSPS) is 25.2. The number of ether oxygens (including phenoxy) is 3. The minimum absolute atomic E-state index is 0.0391. The van der Waals surface area contributed by atoms with E-state index in [1.54, 1.807) is 18.3 Å². The van der Waals surface area contributed by atoms with Gasteiger partial charge in [-0.25, -0.2) is 14.6 Å². The molecule has 26 heteroatoms. The molecule has 26 nitrogen and oxygen atoms in total. The monoisotopic (exact) mass is 1160 g/mol. The standard InChI is InChI=1S/C58H68N8O18/c1-31-21-32(2)23-36(22-31)48-46-35(14-18-62-46)26-66(48)84-50-53(81-38-11-12-39-44(24-38)80-28-40(49(39)74)33-6-9-37(72)10-7-33)82-54(56(78,29-70)58(50,79)45(73)5-3-19-67)57(30-71,83-52(77)47(51(75)76)61-16-4-20-68)65-55(59)64-43(27-69)42-13-8-34-25-60-17-15-41(34)63-42/h6-14,18,20-24,26-28,34,41-43,45,47,50,53-54,60-63,67,70-73,78-79H,3-5,15-17,19,25,29-30H2,1-2H3,(H,75,76)(H3,59,64,65)/t34-,41+,42-,43-,45+,47+,50+,53-,54+,56-,57+,58-/m0/s1. The second-order valence-electron chi connectivity index (χ2n) is 21.2. The van der Waals surface area contributed by atoms with Crippen LogP contribution < -0.4 is 42.0 Å². The van der Waals surface area contributed by atoms with Gasteiger partial charge in [0.05, 0.1) is 41.4 Å². The molecule has 15 N–H and O–H groups in total. The van der Waals surface area contributed by atoms with Crippen LogP contribution in [0.2, 0.25) is 0 Å². The predicted molar refractivity (Wildman–Crippen MR) is 301 cm³/mol. The summed E-state index contributed by atoms with van der Waals surface area (Å²) in [7, 11) is 0. The lowest BCUT2D eigenvalue weighted by Crippen LogP contribution is -2.86. The van der Waals surface area contributed by atoms with E-state index in [2.05, 4.69) is 31.2 Å². The number of hydrogen-bond donors (Lipinski definition) is 14. The molecule has 0 aliphatic carbocycles. The Bertz CT molecular complexity index is 3460. The highest BCUT2D eigenvalue weighted by Crippen LogP contribution is 2.47. The van der Waals surface area contributed by atoms with Crippen molar-refractivity contribution in [3.05, 3.63) is 119 Å². The number of nitrogens with one attached hydrogen (secondary N) is 5. The number of aromatic hydroxyl groups is 1. The van der Waals surface area contributed by atoms with Gasteiger partial charge in [0.1, 0.15) is 54.3 Å². The molecular formula is C58H68N8O18. The molecule has 3 aliphatic heterocycles. The van der Waals surface area contributed by atoms with Crippen LogP contribution in [0.15, 0.2) is 112 Å². The van der Waals surface area contributed by atoms with Gasteiger partial charge in [0.25, 0.3) is 0 Å². The zero-order chi connectivity index (χ0) is 60.1. The van der Waals surface area contributed by atoms with Gasteiger partial charge >= 0.3 is 11.9 Å². The summed E-state index contributed by atoms with van der Waals surface area (Å²) < 4.78 is 26.3. The molecule has 2 fully saturated rings. The number of guanidine groups is 1. The third-order valence-corrected chi connectivity index (χ3v) is 15.5. The molecule has 0 spiro atoms. The zero-order valence-electron chi connectivity index (χ0n) is 45.8. The second-order valence-corrected chi connectivity index (χ2v) is 21.2. The van der Waals surface area contributed by atoms with Gasteiger partial charge in [0.2, 0.25) is 24.2 Å². The van der Waals surface area contributed by atoms with Gasteiger partial charge in [-0.15, -0.1) is 0 Å². The van der Waals surface area contributed by atoms with Crippen molar-refractivity contribution in [1.29, 1.82) is 0 Å². The number of aryl methyl sites for hydroxylation is 2. The Morgan fingerprint density at radius 1 is 1.02 bits per heavy atom. The number of aliphatic hydroxyl groups is 6. The molecule has 0 radical (unpaired) electrons. The Balaban J connectivity index is 1.23. The average Bonchev–Trinajstić information content (AvgIpc) is 0.749. The number of nitrogens with two attached hydrogens (primary N) is 1. The molecule has 3 aromatic carbocycles. The number of phenols is 1. The van der Waals surface area contributed by atoms with E-state index >= 15 is 0 Å². The van der Waals surface area contributed by atoms with E-state index in [0.717, 1.165) is 11.1 Å². The SMILES string of the molecule is Cc1cc(C)cc(-c2c3[nH]ccc3cn2O[C@@H]2[C@@H](Oc3ccc4c(=O)c(-c5ccc(O)cc5)coc4c3)O[C@@H]([C@](CO)(NC(N)=N[C@@H](C=O)[C@@H]3C=C[C@H]4CNCC[C@H]4N3)OC(=O)[C@H](NCCC=O)C(=O)O)[C@@](O)(CO)[C@]2(O)[C@H](O)CCCO)c1. The van der Waals surface area contributed by atoms with Gasteiger partial charge in [0.15, 0.2) is 28.7 Å². The maximum absolute atomic E-state index is 14.5. The number of aliphatic hydroxyl groups excluding tert-OH is 4. The highest BCUT2D eigenvalue weighted by atomic mass is 16.8. The fourth-order valence-corrected chi connectivity index (χ4v) is 11.4. The molecule has 0 amide bonds. The third kappa shape index (κ3) is 11.9. The number of benzene rings is 3. The molecule has 6 aromatic rings. The van der Waals surface area contributed by atoms with E-state index in [1.165, 1.54) is 59.7 Å². The van der Waals surface area contributed by atoms with E-state index in [1.807, 2.05) is 38.1 Å². The molecule has 0 saturated carbocycles. The van der Waals surface area contributed by atoms with E-state index in [9.17, 15) is 64.8 Å². The van der Waals surface area contributed by atoms with Crippen LogP contribution >= 0.6 is 0 Å². The summed E-state index contributed by atoms with van der Waals surface area (Å²) in [5, 5.41) is 106. The van der Waals surface area contributed by atoms with Crippen molar-refractivity contribution in [3.63, 3.8) is 0 Å². The van der Waals surface area contributed by atoms with Crippen molar-refractivity contribution < 1.29 is 83.5 Å². The molecule has 84 heavy (non-hydrogen) atoms. The molecule has 3 aromatic heterocycles. The fraction of sp³-hybridized carbons (Fsp3) is 0.414. The summed E-state index contributed by atoms with van der Waals surface area (Å²) in [5.41, 5.74) is -0.547. The van der Waals surface area contributed by atoms with Crippen LogP contribution in [-0.4, -0.2) is 186 Å². The van der Waals surface area contributed by atoms with Crippen molar-refractivity contribution in [2.45, 2.75) is 105 Å². The van der Waals surface area contributed by atoms with Crippen molar-refractivity contribution >= 4 is 52.3 Å². The van der Waals surface area contributed by atoms with E-state index in [0.29, 0.717) is 59.8 Å². The van der Waals surface area contributed by atoms with Crippen LogP contribution in [0.1, 0.15) is 36.8 Å². The number of piperidine rings is 1. The van der Waals surface area contributed by atoms with E-state index in [-0.39, 0.29) is 52.8 Å². The number of aromatic nitrogens is 2. The first-order valence-electron chi connectivity index (χ1n) is 27.2. The van der Waals surface area contributed by atoms with Crippen molar-refractivity contribution in [2.24, 2.45) is 16.6 Å². The summed E-state index contributed by atoms with van der Waals surface area (Å²) in [6, 6.07) is 12.5. The number of aliphatic carboxylic acids is 1. The lowest BCUT2D eigenvalue weighted by molar-refractivity contribution is -0.400. The van der Waals surface area contributed by atoms with E-state index in [4.69, 9.17) is 29.2 Å². The van der Waals surface area contributed by atoms with Gasteiger partial charge < -0.3 is 101 Å². The Kier molecular flexibility index (Phi) is 18.4. The minimum Gasteiger partial charge on any atom is -0.508 e. The summed E-state index contributed by atoms with van der Waals surface area (Å²) >= 11 is 0. The Morgan fingerprint density at radius 3 is 2.48 bits per heavy atom. The first-order chi connectivity index (χ1) is 40.3. The summed E-state index contributed by atoms with van der Waals surface area (Å²) in [5.74, 6) is -4.62. The maximum atomic E-state index is 14.5. The van der Waals surface area contributed by atoms with Crippen LogP contribution in [0, 0.1) is 19.8 Å². The smallest absolute Gasteiger partial charge is 0.337 e. The number of nitrogens with zero attached hydrogens (tertiary/aromatic N) is 2. The number of carboxylic acids is 1. The number of aldehydes is 2. The van der Waals surface area contributed by atoms with Gasteiger partial charge in [-0.3, -0.25) is 10.1 Å². The highest BCUT2D eigenvalue weighted by Gasteiger charge is 2.75. The molecule has 2 saturated heterocycles. The van der Waals surface area contributed by atoms with Crippen LogP contribution in [0.5, 0.6) is 11.5 Å². The quantitative estimate of drug-likeness (QED) is 0.00544. The number of aliphatic imine (C=N–C) groups is 1. The number of carbonyl (C=O) groups is 4. The van der Waals surface area contributed by atoms with Gasteiger partial charge in [-0.2, -0.15) is 4.73 Å². The number of aromatic amines is 1. The Morgan fingerprint density at radius 2 is 1.79 bits per heavy atom. The van der Waals surface area contributed by atoms with Crippen molar-refractivity contribution in [2.75, 3.05) is 39.5 Å². The summed E-state index contributed by atoms with van der Waals surface area (Å²) in [6.45, 7) is 0.798. The van der Waals surface area contributed by atoms with Gasteiger partial charge in [-0.05, 0) is 87.7 Å². The number of fused-ring (bicyclic) bond motifs is 3. The molecule has 6 heterocycles. The van der Waals surface area contributed by atoms with Crippen LogP contribution in [0.3, 0.4) is 0 Å². The molecule has 0 unspecified atom stereocenters. The van der Waals surface area contributed by atoms with Crippen molar-refractivity contribution in [3.8, 4) is 33.9 Å². The van der Waals surface area contributed by atoms with E-state index < -0.39 is 116 Å². The van der Waals surface area contributed by atoms with Gasteiger partial charge in [0, 0.05) is 61.3 Å². The van der Waals surface area contributed by atoms with Crippen LogP contribution in [0.4, 0.5) is 0 Å². The Labute approximate surface area is 479 Å². The molecule has 0 bridgehead atoms. The first kappa shape index (κ1) is 60.6. The van der Waals surface area contributed by atoms with Crippen LogP contribution in [-0.2, 0) is 28.7 Å². The maximum Gasteiger partial charge on any atom is 0.337 e. The highest BCUT2D eigenvalue weighted by molar-refractivity contribution is 5.99. The molecule has 3 aliphatic rings. The predicted octanol–water partition coefficient (Wildman–Crippen LogP) is -0.237. The third-order valence-electron chi connectivity index (χ3n) is 15.5. The van der Waals surface area contributed by atoms with Gasteiger partial charge in [-0.1, -0.05) is 41.5 Å². The summed E-state index contributed by atoms with van der Waals surface area (Å²) in [6.07, 6.45) is -1.19. The Hall–Kier alpha value is -8.02. The first-order valence-corrected chi connectivity index (χ1v) is 27.2. The van der Waals surface area contributed by atoms with Crippen molar-refractivity contribution in [1.82, 2.24) is 31.0 Å².